The third-order valence-electron chi connectivity index (χ3n) is 3.25. The second kappa shape index (κ2) is 7.61. The van der Waals surface area contributed by atoms with E-state index in [1.807, 2.05) is 64.1 Å². The fourth-order valence-corrected chi connectivity index (χ4v) is 2.01. The second-order valence-corrected chi connectivity index (χ2v) is 4.80. The summed E-state index contributed by atoms with van der Waals surface area (Å²) in [5, 5.41) is 9.05. The van der Waals surface area contributed by atoms with E-state index < -0.39 is 12.8 Å². The van der Waals surface area contributed by atoms with Gasteiger partial charge in [-0.25, -0.2) is 0 Å². The molecule has 2 rings (SSSR count). The van der Waals surface area contributed by atoms with Crippen molar-refractivity contribution < 1.29 is 12.6 Å². The standard InChI is InChI=1S/C9H12O.C9H10O/c2*1-7-4-3-5-8(2)9(7)6-10/h3-5,10H,6H2,1-2H3;3-6H,1-2H3/i2*6D/t6-;/m0./s1. The maximum atomic E-state index is 10.8. The number of hydrogen-bond donors (Lipinski definition) is 1. The third-order valence-corrected chi connectivity index (χ3v) is 3.25. The Bertz CT molecular complexity index is 624. The lowest BCUT2D eigenvalue weighted by molar-refractivity contribution is 0.112. The molecular formula is C18H22O2. The monoisotopic (exact) mass is 272 g/mol. The summed E-state index contributed by atoms with van der Waals surface area (Å²) in [6.45, 7) is 6.39. The van der Waals surface area contributed by atoms with Crippen molar-refractivity contribution in [3.8, 4) is 0 Å². The molecule has 0 aliphatic heterocycles. The number of benzene rings is 2. The van der Waals surface area contributed by atoms with Gasteiger partial charge in [-0.15, -0.1) is 0 Å². The van der Waals surface area contributed by atoms with Crippen LogP contribution in [0.25, 0.3) is 0 Å². The molecule has 2 aromatic carbocycles. The van der Waals surface area contributed by atoms with Crippen molar-refractivity contribution >= 4 is 6.26 Å². The summed E-state index contributed by atoms with van der Waals surface area (Å²) < 4.78 is 14.1. The topological polar surface area (TPSA) is 37.3 Å². The maximum absolute atomic E-state index is 10.8. The molecule has 2 heteroatoms. The minimum absolute atomic E-state index is 0.535. The van der Waals surface area contributed by atoms with E-state index in [9.17, 15) is 4.79 Å². The zero-order valence-electron chi connectivity index (χ0n) is 14.4. The Morgan fingerprint density at radius 3 is 1.65 bits per heavy atom. The van der Waals surface area contributed by atoms with Gasteiger partial charge in [-0.1, -0.05) is 36.4 Å². The van der Waals surface area contributed by atoms with Crippen molar-refractivity contribution in [2.75, 3.05) is 0 Å². The van der Waals surface area contributed by atoms with Crippen LogP contribution in [-0.4, -0.2) is 11.4 Å². The zero-order valence-corrected chi connectivity index (χ0v) is 12.4. The van der Waals surface area contributed by atoms with Crippen LogP contribution < -0.4 is 0 Å². The Hall–Kier alpha value is -1.93. The SMILES string of the molecule is [2H]C(=O)c1c(C)cccc1C.[2H][C@H](O)c1c(C)cccc1C. The fraction of sp³-hybridized carbons (Fsp3) is 0.278. The highest BCUT2D eigenvalue weighted by atomic mass is 16.3. The molecule has 0 aliphatic rings. The summed E-state index contributed by atoms with van der Waals surface area (Å²) in [5.41, 5.74) is 4.98. The van der Waals surface area contributed by atoms with Gasteiger partial charge < -0.3 is 5.11 Å². The molecule has 106 valence electrons. The zero-order chi connectivity index (χ0) is 16.9. The van der Waals surface area contributed by atoms with E-state index in [4.69, 9.17) is 7.85 Å². The van der Waals surface area contributed by atoms with Gasteiger partial charge in [0.2, 0.25) is 0 Å². The number of carbonyl (C=O) groups excluding carboxylic acids is 1. The first-order valence-electron chi connectivity index (χ1n) is 7.57. The molecule has 0 saturated carbocycles. The number of aryl methyl sites for hydroxylation is 4. The molecular weight excluding hydrogens is 248 g/mol. The van der Waals surface area contributed by atoms with Crippen LogP contribution in [0.1, 0.15) is 40.9 Å². The summed E-state index contributed by atoms with van der Waals surface area (Å²) >= 11 is 0. The normalized spacial score (nSPS) is 12.7. The van der Waals surface area contributed by atoms with Gasteiger partial charge in [0.15, 0.2) is 6.26 Å². The number of aldehydes is 1. The van der Waals surface area contributed by atoms with E-state index >= 15 is 0 Å². The van der Waals surface area contributed by atoms with Crippen LogP contribution in [0.2, 0.25) is 0 Å². The molecule has 0 aromatic heterocycles. The smallest absolute Gasteiger partial charge is 0.150 e. The molecule has 0 unspecified atom stereocenters. The Morgan fingerprint density at radius 1 is 1.00 bits per heavy atom. The number of carbonyl (C=O) groups is 1. The largest absolute Gasteiger partial charge is 0.392 e. The van der Waals surface area contributed by atoms with Gasteiger partial charge in [0, 0.05) is 5.56 Å². The molecule has 0 amide bonds. The summed E-state index contributed by atoms with van der Waals surface area (Å²) in [7, 11) is 0. The van der Waals surface area contributed by atoms with Crippen molar-refractivity contribution in [1.82, 2.24) is 0 Å². The third kappa shape index (κ3) is 4.04. The average Bonchev–Trinajstić information content (AvgIpc) is 2.38. The molecule has 2 nitrogen and oxygen atoms in total. The first-order chi connectivity index (χ1) is 10.3. The van der Waals surface area contributed by atoms with E-state index in [2.05, 4.69) is 0 Å². The Kier molecular flexibility index (Phi) is 4.97. The average molecular weight is 272 g/mol. The lowest BCUT2D eigenvalue weighted by Gasteiger charge is -2.04. The molecule has 1 N–H and O–H groups in total. The van der Waals surface area contributed by atoms with Gasteiger partial charge in [0.25, 0.3) is 0 Å². The summed E-state index contributed by atoms with van der Waals surface area (Å²) in [6, 6.07) is 11.3. The van der Waals surface area contributed by atoms with Gasteiger partial charge in [-0.05, 0) is 55.5 Å². The molecule has 2 aromatic rings. The van der Waals surface area contributed by atoms with Crippen LogP contribution in [0.4, 0.5) is 0 Å². The maximum Gasteiger partial charge on any atom is 0.150 e. The first-order valence-corrected chi connectivity index (χ1v) is 6.49. The molecule has 0 radical (unpaired) electrons. The highest BCUT2D eigenvalue weighted by Gasteiger charge is 1.98. The Balaban J connectivity index is 0.000000220. The van der Waals surface area contributed by atoms with E-state index in [0.717, 1.165) is 27.8 Å². The van der Waals surface area contributed by atoms with E-state index in [1.165, 1.54) is 0 Å². The summed E-state index contributed by atoms with van der Waals surface area (Å²) in [5.74, 6) is 0. The minimum Gasteiger partial charge on any atom is -0.392 e. The Morgan fingerprint density at radius 2 is 1.40 bits per heavy atom. The van der Waals surface area contributed by atoms with Crippen molar-refractivity contribution in [2.45, 2.75) is 34.3 Å². The predicted octanol–water partition coefficient (Wildman–Crippen LogP) is 3.91. The number of aliphatic hydroxyl groups excluding tert-OH is 1. The lowest BCUT2D eigenvalue weighted by atomic mass is 10.0. The number of hydrogen-bond acceptors (Lipinski definition) is 2. The van der Waals surface area contributed by atoms with E-state index in [1.54, 1.807) is 0 Å². The van der Waals surface area contributed by atoms with Crippen molar-refractivity contribution in [2.24, 2.45) is 0 Å². The Labute approximate surface area is 123 Å². The summed E-state index contributed by atoms with van der Waals surface area (Å²) in [6.07, 6.45) is -0.597. The molecule has 0 heterocycles. The van der Waals surface area contributed by atoms with Crippen molar-refractivity contribution in [3.63, 3.8) is 0 Å². The molecule has 0 spiro atoms. The molecule has 0 aliphatic carbocycles. The number of aliphatic hydroxyl groups is 1. The minimum atomic E-state index is -1.10. The predicted molar refractivity (Wildman–Crippen MR) is 83.1 cm³/mol. The lowest BCUT2D eigenvalue weighted by Crippen LogP contribution is -1.91. The number of rotatable bonds is 2. The van der Waals surface area contributed by atoms with Gasteiger partial charge in [0.05, 0.1) is 7.95 Å². The fourth-order valence-electron chi connectivity index (χ4n) is 2.01. The highest BCUT2D eigenvalue weighted by Crippen LogP contribution is 2.12. The van der Waals surface area contributed by atoms with Gasteiger partial charge in [-0.2, -0.15) is 0 Å². The molecule has 0 bridgehead atoms. The highest BCUT2D eigenvalue weighted by molar-refractivity contribution is 5.79. The van der Waals surface area contributed by atoms with Crippen molar-refractivity contribution in [3.05, 3.63) is 69.8 Å². The first kappa shape index (κ1) is 13.1. The molecule has 1 atom stereocenters. The molecule has 0 fully saturated rings. The van der Waals surface area contributed by atoms with Gasteiger partial charge >= 0.3 is 0 Å². The molecule has 20 heavy (non-hydrogen) atoms. The van der Waals surface area contributed by atoms with Crippen molar-refractivity contribution in [1.29, 1.82) is 0 Å². The summed E-state index contributed by atoms with van der Waals surface area (Å²) in [4.78, 5) is 10.8. The van der Waals surface area contributed by atoms with Gasteiger partial charge in [-0.3, -0.25) is 4.79 Å². The second-order valence-electron chi connectivity index (χ2n) is 4.80. The molecule has 0 saturated heterocycles. The van der Waals surface area contributed by atoms with Crippen LogP contribution in [-0.2, 0) is 6.58 Å². The van der Waals surface area contributed by atoms with Crippen LogP contribution in [0, 0.1) is 27.7 Å². The van der Waals surface area contributed by atoms with Crippen LogP contribution in [0.5, 0.6) is 0 Å². The van der Waals surface area contributed by atoms with Crippen LogP contribution >= 0.6 is 0 Å². The quantitative estimate of drug-likeness (QED) is 0.842. The van der Waals surface area contributed by atoms with Gasteiger partial charge in [0.1, 0.15) is 1.37 Å². The van der Waals surface area contributed by atoms with Crippen LogP contribution in [0.3, 0.4) is 0 Å². The van der Waals surface area contributed by atoms with E-state index in [-0.39, 0.29) is 0 Å². The van der Waals surface area contributed by atoms with E-state index in [0.29, 0.717) is 5.56 Å². The van der Waals surface area contributed by atoms with Crippen LogP contribution in [0.15, 0.2) is 36.4 Å².